The molecule has 0 radical (unpaired) electrons. The minimum atomic E-state index is 0.770. The predicted molar refractivity (Wildman–Crippen MR) is 88.3 cm³/mol. The summed E-state index contributed by atoms with van der Waals surface area (Å²) in [6.45, 7) is 14.8. The zero-order valence-electron chi connectivity index (χ0n) is 13.2. The standard InChI is InChI=1S/C16H29N3S/c1-4-17-11-15-7-8-16(20-15)13-18-10-9-14(12-18)19(5-2)6-3/h7-8,14,17H,4-6,9-13H2,1-3H3. The molecular weight excluding hydrogens is 266 g/mol. The summed E-state index contributed by atoms with van der Waals surface area (Å²) in [5.74, 6) is 0. The van der Waals surface area contributed by atoms with Gasteiger partial charge in [0.2, 0.25) is 0 Å². The molecule has 0 aliphatic carbocycles. The minimum absolute atomic E-state index is 0.770. The predicted octanol–water partition coefficient (Wildman–Crippen LogP) is 2.77. The molecule has 1 N–H and O–H groups in total. The van der Waals surface area contributed by atoms with Gasteiger partial charge in [-0.1, -0.05) is 20.8 Å². The molecule has 0 saturated carbocycles. The van der Waals surface area contributed by atoms with Crippen LogP contribution in [0.5, 0.6) is 0 Å². The molecule has 2 rings (SSSR count). The molecular formula is C16H29N3S. The fourth-order valence-electron chi connectivity index (χ4n) is 3.06. The van der Waals surface area contributed by atoms with Crippen LogP contribution >= 0.6 is 11.3 Å². The first-order chi connectivity index (χ1) is 9.76. The monoisotopic (exact) mass is 295 g/mol. The van der Waals surface area contributed by atoms with Gasteiger partial charge in [-0.2, -0.15) is 0 Å². The molecule has 4 heteroatoms. The largest absolute Gasteiger partial charge is 0.312 e. The second kappa shape index (κ2) is 8.13. The van der Waals surface area contributed by atoms with E-state index in [4.69, 9.17) is 0 Å². The molecule has 0 amide bonds. The van der Waals surface area contributed by atoms with Gasteiger partial charge in [0.05, 0.1) is 0 Å². The Hall–Kier alpha value is -0.420. The van der Waals surface area contributed by atoms with Gasteiger partial charge in [0, 0.05) is 42.0 Å². The first-order valence-corrected chi connectivity index (χ1v) is 8.83. The normalized spacial score (nSPS) is 20.1. The van der Waals surface area contributed by atoms with Crippen LogP contribution in [-0.2, 0) is 13.1 Å². The van der Waals surface area contributed by atoms with E-state index < -0.39 is 0 Å². The van der Waals surface area contributed by atoms with Crippen LogP contribution in [0, 0.1) is 0 Å². The number of nitrogens with zero attached hydrogens (tertiary/aromatic N) is 2. The van der Waals surface area contributed by atoms with Gasteiger partial charge >= 0.3 is 0 Å². The molecule has 1 unspecified atom stereocenters. The maximum absolute atomic E-state index is 3.40. The molecule has 1 atom stereocenters. The Morgan fingerprint density at radius 1 is 1.25 bits per heavy atom. The highest BCUT2D eigenvalue weighted by Crippen LogP contribution is 2.22. The van der Waals surface area contributed by atoms with Crippen molar-refractivity contribution in [1.82, 2.24) is 15.1 Å². The van der Waals surface area contributed by atoms with Crippen LogP contribution in [0.25, 0.3) is 0 Å². The number of thiophene rings is 1. The van der Waals surface area contributed by atoms with Crippen LogP contribution in [-0.4, -0.2) is 48.6 Å². The van der Waals surface area contributed by atoms with Gasteiger partial charge < -0.3 is 5.32 Å². The van der Waals surface area contributed by atoms with Crippen LogP contribution < -0.4 is 5.32 Å². The summed E-state index contributed by atoms with van der Waals surface area (Å²) in [5, 5.41) is 3.40. The van der Waals surface area contributed by atoms with Crippen molar-refractivity contribution in [3.8, 4) is 0 Å². The summed E-state index contributed by atoms with van der Waals surface area (Å²) in [6.07, 6.45) is 1.33. The zero-order valence-corrected chi connectivity index (χ0v) is 14.0. The molecule has 3 nitrogen and oxygen atoms in total. The Morgan fingerprint density at radius 2 is 2.00 bits per heavy atom. The van der Waals surface area contributed by atoms with Crippen molar-refractivity contribution in [2.24, 2.45) is 0 Å². The number of likely N-dealkylation sites (N-methyl/N-ethyl adjacent to an activating group) is 1. The molecule has 20 heavy (non-hydrogen) atoms. The third-order valence-electron chi connectivity index (χ3n) is 4.22. The van der Waals surface area contributed by atoms with E-state index >= 15 is 0 Å². The first kappa shape index (κ1) is 16.0. The molecule has 2 heterocycles. The molecule has 1 aromatic heterocycles. The summed E-state index contributed by atoms with van der Waals surface area (Å²) in [4.78, 5) is 8.19. The van der Waals surface area contributed by atoms with Crippen LogP contribution in [0.4, 0.5) is 0 Å². The lowest BCUT2D eigenvalue weighted by atomic mass is 10.2. The molecule has 1 aliphatic rings. The summed E-state index contributed by atoms with van der Waals surface area (Å²) in [7, 11) is 0. The topological polar surface area (TPSA) is 18.5 Å². The van der Waals surface area contributed by atoms with Gasteiger partial charge in [-0.05, 0) is 38.2 Å². The van der Waals surface area contributed by atoms with E-state index in [0.29, 0.717) is 0 Å². The van der Waals surface area contributed by atoms with Gasteiger partial charge in [-0.15, -0.1) is 11.3 Å². The highest BCUT2D eigenvalue weighted by Gasteiger charge is 2.26. The number of hydrogen-bond donors (Lipinski definition) is 1. The summed E-state index contributed by atoms with van der Waals surface area (Å²) >= 11 is 1.96. The smallest absolute Gasteiger partial charge is 0.0328 e. The van der Waals surface area contributed by atoms with E-state index in [-0.39, 0.29) is 0 Å². The first-order valence-electron chi connectivity index (χ1n) is 8.01. The fraction of sp³-hybridized carbons (Fsp3) is 0.750. The van der Waals surface area contributed by atoms with Crippen LogP contribution in [0.3, 0.4) is 0 Å². The van der Waals surface area contributed by atoms with Gasteiger partial charge in [-0.3, -0.25) is 9.80 Å². The second-order valence-corrected chi connectivity index (χ2v) is 6.80. The van der Waals surface area contributed by atoms with E-state index in [1.165, 1.54) is 42.4 Å². The highest BCUT2D eigenvalue weighted by molar-refractivity contribution is 7.11. The highest BCUT2D eigenvalue weighted by atomic mass is 32.1. The van der Waals surface area contributed by atoms with Crippen LogP contribution in [0.2, 0.25) is 0 Å². The molecule has 1 aliphatic heterocycles. The van der Waals surface area contributed by atoms with Crippen molar-refractivity contribution >= 4 is 11.3 Å². The lowest BCUT2D eigenvalue weighted by Gasteiger charge is -2.26. The van der Waals surface area contributed by atoms with Crippen molar-refractivity contribution in [2.45, 2.75) is 46.3 Å². The average Bonchev–Trinajstić information content (AvgIpc) is 3.08. The van der Waals surface area contributed by atoms with E-state index in [2.05, 4.69) is 48.0 Å². The second-order valence-electron chi connectivity index (χ2n) is 5.55. The number of likely N-dealkylation sites (tertiary alicyclic amines) is 1. The average molecular weight is 295 g/mol. The third-order valence-corrected chi connectivity index (χ3v) is 5.29. The van der Waals surface area contributed by atoms with E-state index in [1.54, 1.807) is 0 Å². The molecule has 1 saturated heterocycles. The van der Waals surface area contributed by atoms with E-state index in [1.807, 2.05) is 11.3 Å². The molecule has 0 aromatic carbocycles. The number of hydrogen-bond acceptors (Lipinski definition) is 4. The Morgan fingerprint density at radius 3 is 2.70 bits per heavy atom. The van der Waals surface area contributed by atoms with Gasteiger partial charge in [0.1, 0.15) is 0 Å². The van der Waals surface area contributed by atoms with Crippen LogP contribution in [0.15, 0.2) is 12.1 Å². The van der Waals surface area contributed by atoms with Gasteiger partial charge in [-0.25, -0.2) is 0 Å². The Balaban J connectivity index is 1.81. The van der Waals surface area contributed by atoms with Crippen molar-refractivity contribution in [2.75, 3.05) is 32.7 Å². The maximum atomic E-state index is 3.40. The Kier molecular flexibility index (Phi) is 6.49. The van der Waals surface area contributed by atoms with Crippen LogP contribution in [0.1, 0.15) is 36.9 Å². The SMILES string of the molecule is CCNCc1ccc(CN2CCC(N(CC)CC)C2)s1. The van der Waals surface area contributed by atoms with E-state index in [9.17, 15) is 0 Å². The maximum Gasteiger partial charge on any atom is 0.0328 e. The van der Waals surface area contributed by atoms with Crippen molar-refractivity contribution < 1.29 is 0 Å². The lowest BCUT2D eigenvalue weighted by Crippen LogP contribution is -2.37. The summed E-state index contributed by atoms with van der Waals surface area (Å²) in [6, 6.07) is 5.36. The lowest BCUT2D eigenvalue weighted by molar-refractivity contribution is 0.209. The quantitative estimate of drug-likeness (QED) is 0.795. The Labute approximate surface area is 128 Å². The number of rotatable bonds is 8. The van der Waals surface area contributed by atoms with E-state index in [0.717, 1.165) is 25.7 Å². The number of nitrogens with one attached hydrogen (secondary N) is 1. The van der Waals surface area contributed by atoms with Gasteiger partial charge in [0.25, 0.3) is 0 Å². The van der Waals surface area contributed by atoms with Crippen molar-refractivity contribution in [3.05, 3.63) is 21.9 Å². The molecule has 0 bridgehead atoms. The zero-order chi connectivity index (χ0) is 14.4. The molecule has 114 valence electrons. The Bertz CT molecular complexity index is 387. The van der Waals surface area contributed by atoms with Gasteiger partial charge in [0.15, 0.2) is 0 Å². The summed E-state index contributed by atoms with van der Waals surface area (Å²) in [5.41, 5.74) is 0. The van der Waals surface area contributed by atoms with Crippen molar-refractivity contribution in [3.63, 3.8) is 0 Å². The molecule has 1 aromatic rings. The fourth-order valence-corrected chi connectivity index (χ4v) is 4.10. The minimum Gasteiger partial charge on any atom is -0.312 e. The summed E-state index contributed by atoms with van der Waals surface area (Å²) < 4.78 is 0. The molecule has 1 fully saturated rings. The molecule has 0 spiro atoms. The van der Waals surface area contributed by atoms with Crippen molar-refractivity contribution in [1.29, 1.82) is 0 Å². The third kappa shape index (κ3) is 4.29.